The van der Waals surface area contributed by atoms with Gasteiger partial charge in [0.15, 0.2) is 11.6 Å². The molecule has 4 aromatic heterocycles. The average molecular weight is 875 g/mol. The van der Waals surface area contributed by atoms with Crippen molar-refractivity contribution in [2.24, 2.45) is 0 Å². The lowest BCUT2D eigenvalue weighted by Crippen LogP contribution is -2.16. The largest absolute Gasteiger partial charge is 0.293 e. The predicted molar refractivity (Wildman–Crippen MR) is 265 cm³/mol. The molecule has 8 aromatic rings. The minimum absolute atomic E-state index is 0.0793. The molecule has 8 heteroatoms. The van der Waals surface area contributed by atoms with Crippen LogP contribution in [0.15, 0.2) is 195 Å². The Morgan fingerprint density at radius 1 is 0.406 bits per heavy atom. The number of ketones is 2. The number of thioether (sulfide) groups is 2. The van der Waals surface area contributed by atoms with E-state index >= 15 is 0 Å². The number of nitrogens with zero attached hydrogens (tertiary/aromatic N) is 4. The van der Waals surface area contributed by atoms with Gasteiger partial charge < -0.3 is 0 Å². The summed E-state index contributed by atoms with van der Waals surface area (Å²) in [5.74, 6) is 0.925. The van der Waals surface area contributed by atoms with Crippen LogP contribution < -0.4 is 0 Å². The maximum Gasteiger partial charge on any atom is 0.180 e. The summed E-state index contributed by atoms with van der Waals surface area (Å²) in [5, 5.41) is -0.628. The van der Waals surface area contributed by atoms with Gasteiger partial charge in [-0.1, -0.05) is 123 Å². The van der Waals surface area contributed by atoms with Crippen molar-refractivity contribution in [2.75, 3.05) is 5.75 Å². The van der Waals surface area contributed by atoms with E-state index in [1.807, 2.05) is 97.1 Å². The lowest BCUT2D eigenvalue weighted by Gasteiger charge is -2.25. The Morgan fingerprint density at radius 2 is 0.734 bits per heavy atom. The third-order valence-electron chi connectivity index (χ3n) is 11.5. The van der Waals surface area contributed by atoms with Gasteiger partial charge in [-0.25, -0.2) is 0 Å². The summed E-state index contributed by atoms with van der Waals surface area (Å²) in [4.78, 5) is 46.1. The molecule has 0 aliphatic rings. The summed E-state index contributed by atoms with van der Waals surface area (Å²) in [5.41, 5.74) is 11.8. The van der Waals surface area contributed by atoms with Gasteiger partial charge in [-0.2, -0.15) is 0 Å². The highest BCUT2D eigenvalue weighted by molar-refractivity contribution is 8.01. The third kappa shape index (κ3) is 11.4. The highest BCUT2D eigenvalue weighted by atomic mass is 32.2. The quantitative estimate of drug-likeness (QED) is 0.0553. The van der Waals surface area contributed by atoms with Crippen LogP contribution in [-0.2, 0) is 0 Å². The van der Waals surface area contributed by atoms with Crippen molar-refractivity contribution in [1.29, 1.82) is 0 Å². The first-order valence-electron chi connectivity index (χ1n) is 21.9. The number of aromatic nitrogens is 4. The van der Waals surface area contributed by atoms with Crippen LogP contribution in [0.2, 0.25) is 0 Å². The lowest BCUT2D eigenvalue weighted by molar-refractivity contribution is 0.0981. The summed E-state index contributed by atoms with van der Waals surface area (Å²) in [7, 11) is 0. The highest BCUT2D eigenvalue weighted by Gasteiger charge is 2.28. The minimum atomic E-state index is -0.410. The molecule has 3 atom stereocenters. The first kappa shape index (κ1) is 44.1. The van der Waals surface area contributed by atoms with E-state index in [9.17, 15) is 9.59 Å². The van der Waals surface area contributed by atoms with Crippen LogP contribution in [0.5, 0.6) is 0 Å². The van der Waals surface area contributed by atoms with Gasteiger partial charge in [0.05, 0.1) is 10.5 Å². The van der Waals surface area contributed by atoms with Gasteiger partial charge in [0.2, 0.25) is 0 Å². The van der Waals surface area contributed by atoms with Crippen molar-refractivity contribution in [2.45, 2.75) is 54.8 Å². The molecular weight excluding hydrogens is 825 g/mol. The topological polar surface area (TPSA) is 85.7 Å². The Kier molecular flexibility index (Phi) is 15.3. The number of benzene rings is 4. The zero-order chi connectivity index (χ0) is 43.9. The third-order valence-corrected chi connectivity index (χ3v) is 14.4. The molecule has 0 amide bonds. The molecule has 0 aliphatic heterocycles. The first-order chi connectivity index (χ1) is 31.5. The average Bonchev–Trinajstić information content (AvgIpc) is 3.37. The van der Waals surface area contributed by atoms with E-state index in [1.54, 1.807) is 73.1 Å². The molecule has 4 aromatic carbocycles. The number of hydrogen-bond donors (Lipinski definition) is 0. The van der Waals surface area contributed by atoms with Gasteiger partial charge >= 0.3 is 0 Å². The van der Waals surface area contributed by atoms with Gasteiger partial charge in [0, 0.05) is 66.0 Å². The molecule has 0 aliphatic carbocycles. The number of unbranched alkanes of at least 4 members (excludes halogenated alkanes) is 2. The van der Waals surface area contributed by atoms with Crippen molar-refractivity contribution < 1.29 is 9.59 Å². The van der Waals surface area contributed by atoms with Crippen LogP contribution in [0.25, 0.3) is 44.5 Å². The Labute approximate surface area is 385 Å². The minimum Gasteiger partial charge on any atom is -0.293 e. The molecule has 64 heavy (non-hydrogen) atoms. The number of hydrogen-bond acceptors (Lipinski definition) is 8. The van der Waals surface area contributed by atoms with Crippen LogP contribution >= 0.6 is 23.5 Å². The molecule has 0 saturated carbocycles. The molecule has 0 spiro atoms. The van der Waals surface area contributed by atoms with E-state index in [1.165, 1.54) is 0 Å². The summed E-state index contributed by atoms with van der Waals surface area (Å²) in [6, 6.07) is 48.6. The van der Waals surface area contributed by atoms with E-state index in [4.69, 9.17) is 0 Å². The molecule has 3 unspecified atom stereocenters. The molecule has 4 heterocycles. The van der Waals surface area contributed by atoms with Gasteiger partial charge in [0.1, 0.15) is 0 Å². The SMILES string of the molecule is CCCCCC(CCSC(C(=O)c1ccc(-c2ccncc2)cc1)c1ccc(-c2ccncc2)cc1)SC(C(=O)c1ccc(-c2ccncc2)cc1)c1ccc(-c2ccncc2)cc1. The Hall–Kier alpha value is -6.48. The van der Waals surface area contributed by atoms with Crippen molar-refractivity contribution in [3.8, 4) is 44.5 Å². The lowest BCUT2D eigenvalue weighted by atomic mass is 9.98. The molecule has 0 fully saturated rings. The van der Waals surface area contributed by atoms with Gasteiger partial charge in [-0.05, 0) is 123 Å². The van der Waals surface area contributed by atoms with Crippen LogP contribution in [0.3, 0.4) is 0 Å². The second-order valence-electron chi connectivity index (χ2n) is 15.7. The van der Waals surface area contributed by atoms with E-state index in [-0.39, 0.29) is 16.8 Å². The molecule has 6 nitrogen and oxygen atoms in total. The maximum absolute atomic E-state index is 14.8. The molecule has 0 saturated heterocycles. The Balaban J connectivity index is 1.06. The number of pyridine rings is 4. The van der Waals surface area contributed by atoms with Crippen LogP contribution in [0, 0.1) is 0 Å². The zero-order valence-electron chi connectivity index (χ0n) is 35.9. The van der Waals surface area contributed by atoms with Gasteiger partial charge in [0.25, 0.3) is 0 Å². The Morgan fingerprint density at radius 3 is 1.11 bits per heavy atom. The standard InChI is InChI=1S/C56H50N4O2S2/c1-2-3-4-5-52(64-56(51-20-12-43(13-21-51)47-28-37-60-38-29-47)54(62)49-16-8-41(9-17-49)45-24-33-58-34-25-45)30-39-63-55(50-18-10-42(11-19-50)46-26-35-59-36-27-46)53(61)48-14-6-40(7-15-48)44-22-31-57-32-23-44/h6-29,31-38,52,55-56H,2-5,30,39H2,1H3. The summed E-state index contributed by atoms with van der Waals surface area (Å²) < 4.78 is 0. The van der Waals surface area contributed by atoms with Crippen LogP contribution in [0.1, 0.15) is 81.4 Å². The summed E-state index contributed by atoms with van der Waals surface area (Å²) in [6.45, 7) is 2.23. The van der Waals surface area contributed by atoms with Crippen molar-refractivity contribution in [1.82, 2.24) is 19.9 Å². The fourth-order valence-corrected chi connectivity index (χ4v) is 10.8. The van der Waals surface area contributed by atoms with Crippen molar-refractivity contribution >= 4 is 35.1 Å². The molecule has 318 valence electrons. The number of Topliss-reactive ketones (excluding diaryl/α,β-unsaturated/α-hetero) is 2. The molecule has 8 rings (SSSR count). The van der Waals surface area contributed by atoms with Gasteiger partial charge in [-0.15, -0.1) is 23.5 Å². The van der Waals surface area contributed by atoms with E-state index < -0.39 is 10.5 Å². The van der Waals surface area contributed by atoms with Crippen LogP contribution in [-0.4, -0.2) is 42.5 Å². The second-order valence-corrected chi connectivity index (χ2v) is 18.4. The van der Waals surface area contributed by atoms with Crippen molar-refractivity contribution in [3.05, 3.63) is 217 Å². The summed E-state index contributed by atoms with van der Waals surface area (Å²) in [6.07, 6.45) is 19.5. The van der Waals surface area contributed by atoms with E-state index in [2.05, 4.69) is 75.4 Å². The maximum atomic E-state index is 14.8. The molecular formula is C56H50N4O2S2. The fraction of sp³-hybridized carbons (Fsp3) is 0.179. The zero-order valence-corrected chi connectivity index (χ0v) is 37.5. The first-order valence-corrected chi connectivity index (χ1v) is 23.9. The normalized spacial score (nSPS) is 12.6. The van der Waals surface area contributed by atoms with Gasteiger partial charge in [-0.3, -0.25) is 29.5 Å². The molecule has 0 radical (unpaired) electrons. The van der Waals surface area contributed by atoms with E-state index in [0.717, 1.165) is 93.5 Å². The molecule has 0 bridgehead atoms. The number of carbonyl (C=O) groups excluding carboxylic acids is 2. The smallest absolute Gasteiger partial charge is 0.180 e. The molecule has 0 N–H and O–H groups in total. The van der Waals surface area contributed by atoms with E-state index in [0.29, 0.717) is 11.1 Å². The summed E-state index contributed by atoms with van der Waals surface area (Å²) >= 11 is 3.47. The second kappa shape index (κ2) is 22.2. The number of rotatable bonds is 20. The fourth-order valence-electron chi connectivity index (χ4n) is 7.86. The predicted octanol–water partition coefficient (Wildman–Crippen LogP) is 14.3. The van der Waals surface area contributed by atoms with Crippen molar-refractivity contribution in [3.63, 3.8) is 0 Å². The monoisotopic (exact) mass is 874 g/mol. The Bertz CT molecular complexity index is 2690. The van der Waals surface area contributed by atoms with Crippen LogP contribution in [0.4, 0.5) is 0 Å². The highest BCUT2D eigenvalue weighted by Crippen LogP contribution is 2.42. The number of carbonyl (C=O) groups is 2.